The first-order valence-corrected chi connectivity index (χ1v) is 18.2. The van der Waals surface area contributed by atoms with Crippen LogP contribution in [-0.4, -0.2) is 109 Å². The van der Waals surface area contributed by atoms with Gasteiger partial charge in [-0.1, -0.05) is 0 Å². The number of H-pyrrole nitrogens is 2. The zero-order chi connectivity index (χ0) is 44.0. The molecule has 0 aromatic carbocycles. The zero-order valence-corrected chi connectivity index (χ0v) is 33.1. The Morgan fingerprint density at radius 3 is 1.33 bits per heavy atom. The van der Waals surface area contributed by atoms with E-state index in [1.807, 2.05) is 0 Å². The first-order chi connectivity index (χ1) is 27.0. The molecule has 0 aliphatic rings. The number of hydrogen-bond acceptors (Lipinski definition) is 13. The van der Waals surface area contributed by atoms with Crippen LogP contribution in [0.5, 0.6) is 0 Å². The zero-order valence-electron chi connectivity index (χ0n) is 33.1. The van der Waals surface area contributed by atoms with E-state index in [9.17, 15) is 52.7 Å². The standard InChI is InChI=1S/C34H53N13O11/c1-15-11-46(33(57)44-25(15)49)13-22(42-27(51)17(3)36)31(55)39-18(4)28(52)38-19(5)30(54)43-23(14-47-12-16(2)26(50)45-34(47)58)32(56)40-20(6)29(53)41-21(24(37)48)9-7-8-10-35/h11-12,17-23H,7-10,13-14,35-36H2,1-6H3,(H2,37,48)(H,38,52)(H,39,55)(H,40,56)(H,41,53)(H,42,51)(H,43,54)(H,44,49,57)(H,45,50,58)/t17-,18-,19-,20-,21-,22-,23-/m0/s1. The molecule has 0 bridgehead atoms. The van der Waals surface area contributed by atoms with Crippen molar-refractivity contribution in [2.45, 2.75) is 116 Å². The summed E-state index contributed by atoms with van der Waals surface area (Å²) in [6.45, 7) is 7.31. The number of carbonyl (C=O) groups excluding carboxylic acids is 7. The summed E-state index contributed by atoms with van der Waals surface area (Å²) < 4.78 is 1.92. The van der Waals surface area contributed by atoms with Crippen LogP contribution in [0.1, 0.15) is 58.1 Å². The van der Waals surface area contributed by atoms with E-state index in [1.54, 1.807) is 0 Å². The molecule has 0 unspecified atom stereocenters. The number of rotatable bonds is 21. The molecule has 0 saturated carbocycles. The minimum Gasteiger partial charge on any atom is -0.368 e. The fraction of sp³-hybridized carbons (Fsp3) is 0.559. The van der Waals surface area contributed by atoms with Crippen LogP contribution < -0.4 is 71.6 Å². The van der Waals surface area contributed by atoms with Gasteiger partial charge in [0.05, 0.1) is 19.1 Å². The third-order valence-electron chi connectivity index (χ3n) is 8.68. The Morgan fingerprint density at radius 2 is 0.948 bits per heavy atom. The van der Waals surface area contributed by atoms with E-state index in [0.717, 1.165) is 15.3 Å². The normalized spacial score (nSPS) is 14.6. The van der Waals surface area contributed by atoms with E-state index in [1.165, 1.54) is 47.7 Å². The SMILES string of the molecule is Cc1cn(C[C@H](NC(=O)[C@H](C)N)C(=O)N[C@@H](C)C(=O)N[C@@H](C)C(=O)N[C@@H](Cn2cc(C)c(=O)[nH]c2=O)C(=O)N[C@@H](C)C(=O)N[C@@H](CCCCN)C(N)=O)c(=O)[nH]c1=O. The van der Waals surface area contributed by atoms with Gasteiger partial charge in [0, 0.05) is 23.5 Å². The van der Waals surface area contributed by atoms with Crippen LogP contribution in [0.2, 0.25) is 0 Å². The van der Waals surface area contributed by atoms with E-state index in [4.69, 9.17) is 17.2 Å². The highest BCUT2D eigenvalue weighted by atomic mass is 16.2. The van der Waals surface area contributed by atoms with Gasteiger partial charge >= 0.3 is 11.4 Å². The largest absolute Gasteiger partial charge is 0.368 e. The van der Waals surface area contributed by atoms with E-state index in [0.29, 0.717) is 19.4 Å². The predicted molar refractivity (Wildman–Crippen MR) is 206 cm³/mol. The average Bonchev–Trinajstić information content (AvgIpc) is 3.14. The maximum atomic E-state index is 13.5. The van der Waals surface area contributed by atoms with E-state index in [2.05, 4.69) is 41.9 Å². The van der Waals surface area contributed by atoms with E-state index >= 15 is 0 Å². The van der Waals surface area contributed by atoms with E-state index < -0.39 is 119 Å². The smallest absolute Gasteiger partial charge is 0.328 e. The van der Waals surface area contributed by atoms with Gasteiger partial charge in [-0.05, 0) is 67.3 Å². The molecular weight excluding hydrogens is 766 g/mol. The molecule has 0 aliphatic heterocycles. The topological polar surface area (TPSA) is 379 Å². The van der Waals surface area contributed by atoms with Crippen molar-refractivity contribution in [3.05, 3.63) is 65.2 Å². The van der Waals surface area contributed by atoms with Crippen molar-refractivity contribution in [2.24, 2.45) is 17.2 Å². The van der Waals surface area contributed by atoms with Crippen LogP contribution in [0.15, 0.2) is 31.6 Å². The summed E-state index contributed by atoms with van der Waals surface area (Å²) in [6, 6.07) is -9.20. The Bertz CT molecular complexity index is 2090. The van der Waals surface area contributed by atoms with Crippen molar-refractivity contribution < 1.29 is 33.6 Å². The van der Waals surface area contributed by atoms with Gasteiger partial charge in [-0.15, -0.1) is 0 Å². The third kappa shape index (κ3) is 14.3. The monoisotopic (exact) mass is 819 g/mol. The highest BCUT2D eigenvalue weighted by Crippen LogP contribution is 2.02. The van der Waals surface area contributed by atoms with Crippen molar-refractivity contribution in [3.8, 4) is 0 Å². The fourth-order valence-corrected chi connectivity index (χ4v) is 5.13. The fourth-order valence-electron chi connectivity index (χ4n) is 5.13. The van der Waals surface area contributed by atoms with Crippen molar-refractivity contribution in [1.29, 1.82) is 0 Å². The molecule has 7 atom stereocenters. The molecule has 0 spiro atoms. The Balaban J connectivity index is 2.23. The van der Waals surface area contributed by atoms with Crippen molar-refractivity contribution >= 4 is 41.4 Å². The molecule has 2 heterocycles. The summed E-state index contributed by atoms with van der Waals surface area (Å²) >= 11 is 0. The quantitative estimate of drug-likeness (QED) is 0.0523. The van der Waals surface area contributed by atoms with Crippen LogP contribution in [0.3, 0.4) is 0 Å². The summed E-state index contributed by atoms with van der Waals surface area (Å²) in [4.78, 5) is 143. The van der Waals surface area contributed by atoms with Crippen LogP contribution in [-0.2, 0) is 46.7 Å². The number of aromatic amines is 2. The Hall–Kier alpha value is -6.43. The molecule has 24 heteroatoms. The number of carbonyl (C=O) groups is 7. The molecular formula is C34H53N13O11. The highest BCUT2D eigenvalue weighted by molar-refractivity contribution is 5.96. The lowest BCUT2D eigenvalue weighted by Gasteiger charge is -2.25. The number of nitrogens with two attached hydrogens (primary N) is 3. The Kier molecular flexibility index (Phi) is 17.9. The van der Waals surface area contributed by atoms with Gasteiger partial charge in [0.1, 0.15) is 36.3 Å². The third-order valence-corrected chi connectivity index (χ3v) is 8.68. The van der Waals surface area contributed by atoms with Gasteiger partial charge in [-0.2, -0.15) is 0 Å². The van der Waals surface area contributed by atoms with Crippen LogP contribution >= 0.6 is 0 Å². The number of aryl methyl sites for hydroxylation is 2. The molecule has 0 fully saturated rings. The number of hydrogen-bond donors (Lipinski definition) is 11. The Morgan fingerprint density at radius 1 is 0.586 bits per heavy atom. The molecule has 0 saturated heterocycles. The van der Waals surface area contributed by atoms with Crippen LogP contribution in [0.25, 0.3) is 0 Å². The lowest BCUT2D eigenvalue weighted by Crippen LogP contribution is -2.60. The highest BCUT2D eigenvalue weighted by Gasteiger charge is 2.31. The number of primary amides is 1. The van der Waals surface area contributed by atoms with Crippen molar-refractivity contribution in [3.63, 3.8) is 0 Å². The molecule has 2 aromatic rings. The van der Waals surface area contributed by atoms with Crippen molar-refractivity contribution in [2.75, 3.05) is 6.54 Å². The van der Waals surface area contributed by atoms with Crippen LogP contribution in [0, 0.1) is 13.8 Å². The van der Waals surface area contributed by atoms with Gasteiger partial charge in [-0.25, -0.2) is 9.59 Å². The maximum Gasteiger partial charge on any atom is 0.328 e. The molecule has 0 aliphatic carbocycles. The molecule has 58 heavy (non-hydrogen) atoms. The molecule has 0 radical (unpaired) electrons. The van der Waals surface area contributed by atoms with Gasteiger partial charge in [0.25, 0.3) is 11.1 Å². The van der Waals surface area contributed by atoms with Crippen LogP contribution in [0.4, 0.5) is 0 Å². The number of amides is 7. The van der Waals surface area contributed by atoms with Crippen molar-refractivity contribution in [1.82, 2.24) is 51.0 Å². The number of nitrogens with zero attached hydrogens (tertiary/aromatic N) is 2. The summed E-state index contributed by atoms with van der Waals surface area (Å²) in [6.07, 6.45) is 3.58. The minimum atomic E-state index is -1.59. The molecule has 14 N–H and O–H groups in total. The second kappa shape index (κ2) is 21.8. The minimum absolute atomic E-state index is 0.0989. The van der Waals surface area contributed by atoms with E-state index in [-0.39, 0.29) is 17.5 Å². The molecule has 2 aromatic heterocycles. The van der Waals surface area contributed by atoms with Gasteiger partial charge in [0.2, 0.25) is 41.4 Å². The molecule has 24 nitrogen and oxygen atoms in total. The lowest BCUT2D eigenvalue weighted by molar-refractivity contribution is -0.135. The second-order valence-corrected chi connectivity index (χ2v) is 13.8. The summed E-state index contributed by atoms with van der Waals surface area (Å²) in [5.41, 5.74) is 13.6. The number of unbranched alkanes of at least 4 members (excludes halogenated alkanes) is 1. The molecule has 2 rings (SSSR count). The maximum absolute atomic E-state index is 13.5. The lowest BCUT2D eigenvalue weighted by atomic mass is 10.1. The van der Waals surface area contributed by atoms with Gasteiger partial charge in [0.15, 0.2) is 0 Å². The Labute approximate surface area is 330 Å². The number of nitrogens with one attached hydrogen (secondary N) is 8. The predicted octanol–water partition coefficient (Wildman–Crippen LogP) is -6.37. The average molecular weight is 820 g/mol. The molecule has 7 amide bonds. The number of aromatic nitrogens is 4. The summed E-state index contributed by atoms with van der Waals surface area (Å²) in [5, 5.41) is 14.4. The van der Waals surface area contributed by atoms with Gasteiger partial charge in [-0.3, -0.25) is 62.3 Å². The molecule has 320 valence electrons. The van der Waals surface area contributed by atoms with Gasteiger partial charge < -0.3 is 49.1 Å². The summed E-state index contributed by atoms with van der Waals surface area (Å²) in [7, 11) is 0. The first-order valence-electron chi connectivity index (χ1n) is 18.2. The first kappa shape index (κ1) is 47.7. The second-order valence-electron chi connectivity index (χ2n) is 13.8. The summed E-state index contributed by atoms with van der Waals surface area (Å²) in [5.74, 6) is -6.12.